The van der Waals surface area contributed by atoms with Crippen molar-refractivity contribution in [1.29, 1.82) is 0 Å². The van der Waals surface area contributed by atoms with Crippen LogP contribution in [0.2, 0.25) is 0 Å². The molecule has 11 heteroatoms. The number of alkyl halides is 3. The zero-order valence-electron chi connectivity index (χ0n) is 15.1. The summed E-state index contributed by atoms with van der Waals surface area (Å²) in [4.78, 5) is 33.1. The van der Waals surface area contributed by atoms with E-state index >= 15 is 0 Å². The summed E-state index contributed by atoms with van der Waals surface area (Å²) < 4.78 is 33.7. The molecule has 0 saturated carbocycles. The Morgan fingerprint density at radius 1 is 1.11 bits per heavy atom. The van der Waals surface area contributed by atoms with Crippen LogP contribution in [-0.4, -0.2) is 73.7 Å². The van der Waals surface area contributed by atoms with Crippen LogP contribution in [0, 0.1) is 0 Å². The molecule has 3 heterocycles. The molecule has 2 aromatic rings. The van der Waals surface area contributed by atoms with Gasteiger partial charge in [0.1, 0.15) is 0 Å². The minimum Gasteiger partial charge on any atom is -0.475 e. The standard InChI is InChI=1S/C15H19N5O.C2HF3O2/c1-13(21)19-10-8-18(9-11-19)12-14-4-2-7-20(14)15-16-5-3-6-17-15;3-2(4,5)1(6)7/h2-7H,8-12H2,1H3;(H,6,7). The van der Waals surface area contributed by atoms with Crippen molar-refractivity contribution >= 4 is 11.9 Å². The topological polar surface area (TPSA) is 91.6 Å². The van der Waals surface area contributed by atoms with E-state index in [1.54, 1.807) is 19.3 Å². The predicted octanol–water partition coefficient (Wildman–Crippen LogP) is 1.56. The maximum absolute atomic E-state index is 11.3. The Morgan fingerprint density at radius 2 is 1.68 bits per heavy atom. The monoisotopic (exact) mass is 399 g/mol. The zero-order chi connectivity index (χ0) is 20.7. The van der Waals surface area contributed by atoms with Crippen molar-refractivity contribution in [2.75, 3.05) is 26.2 Å². The number of hydrogen-bond acceptors (Lipinski definition) is 5. The van der Waals surface area contributed by atoms with Gasteiger partial charge in [-0.15, -0.1) is 0 Å². The van der Waals surface area contributed by atoms with E-state index in [4.69, 9.17) is 9.90 Å². The van der Waals surface area contributed by atoms with Crippen LogP contribution in [0.1, 0.15) is 12.6 Å². The molecule has 0 spiro atoms. The first-order valence-corrected chi connectivity index (χ1v) is 8.40. The van der Waals surface area contributed by atoms with Crippen LogP contribution in [0.25, 0.3) is 5.95 Å². The van der Waals surface area contributed by atoms with E-state index in [-0.39, 0.29) is 5.91 Å². The molecule has 3 rings (SSSR count). The molecule has 1 N–H and O–H groups in total. The smallest absolute Gasteiger partial charge is 0.475 e. The highest BCUT2D eigenvalue weighted by Crippen LogP contribution is 2.13. The lowest BCUT2D eigenvalue weighted by Gasteiger charge is -2.34. The number of hydrogen-bond donors (Lipinski definition) is 1. The summed E-state index contributed by atoms with van der Waals surface area (Å²) in [6.45, 7) is 5.89. The fraction of sp³-hybridized carbons (Fsp3) is 0.412. The molecular weight excluding hydrogens is 379 g/mol. The molecule has 1 amide bonds. The van der Waals surface area contributed by atoms with Crippen LogP contribution in [0.5, 0.6) is 0 Å². The molecule has 1 aliphatic heterocycles. The Hall–Kier alpha value is -2.95. The molecule has 0 aliphatic carbocycles. The van der Waals surface area contributed by atoms with E-state index in [1.807, 2.05) is 27.8 Å². The molecule has 0 unspecified atom stereocenters. The van der Waals surface area contributed by atoms with Crippen LogP contribution < -0.4 is 0 Å². The first-order chi connectivity index (χ1) is 13.2. The van der Waals surface area contributed by atoms with Gasteiger partial charge in [0.15, 0.2) is 0 Å². The van der Waals surface area contributed by atoms with Crippen molar-refractivity contribution in [3.05, 3.63) is 42.5 Å². The second kappa shape index (κ2) is 9.31. The largest absolute Gasteiger partial charge is 0.490 e. The number of carboxylic acids is 1. The number of halogens is 3. The summed E-state index contributed by atoms with van der Waals surface area (Å²) >= 11 is 0. The lowest BCUT2D eigenvalue weighted by atomic mass is 10.3. The average Bonchev–Trinajstić information content (AvgIpc) is 3.11. The second-order valence-electron chi connectivity index (χ2n) is 6.00. The van der Waals surface area contributed by atoms with E-state index < -0.39 is 12.1 Å². The number of rotatable bonds is 3. The molecule has 2 aromatic heterocycles. The summed E-state index contributed by atoms with van der Waals surface area (Å²) in [6, 6.07) is 5.92. The number of aromatic nitrogens is 3. The Bertz CT molecular complexity index is 787. The van der Waals surface area contributed by atoms with E-state index in [0.29, 0.717) is 5.95 Å². The van der Waals surface area contributed by atoms with Crippen molar-refractivity contribution in [2.45, 2.75) is 19.6 Å². The lowest BCUT2D eigenvalue weighted by molar-refractivity contribution is -0.192. The molecule has 152 valence electrons. The SMILES string of the molecule is CC(=O)N1CCN(Cc2cccn2-c2ncccn2)CC1.O=C(O)C(F)(F)F. The number of carboxylic acid groups (broad SMARTS) is 1. The predicted molar refractivity (Wildman–Crippen MR) is 92.6 cm³/mol. The summed E-state index contributed by atoms with van der Waals surface area (Å²) in [5, 5.41) is 7.12. The number of piperazine rings is 1. The lowest BCUT2D eigenvalue weighted by Crippen LogP contribution is -2.47. The molecule has 1 fully saturated rings. The van der Waals surface area contributed by atoms with Crippen LogP contribution in [0.3, 0.4) is 0 Å². The van der Waals surface area contributed by atoms with Gasteiger partial charge in [0, 0.05) is 63.9 Å². The summed E-state index contributed by atoms with van der Waals surface area (Å²) in [5.74, 6) is -1.90. The van der Waals surface area contributed by atoms with E-state index in [2.05, 4.69) is 20.9 Å². The molecule has 8 nitrogen and oxygen atoms in total. The van der Waals surface area contributed by atoms with Gasteiger partial charge in [0.25, 0.3) is 0 Å². The van der Waals surface area contributed by atoms with Gasteiger partial charge < -0.3 is 10.0 Å². The summed E-state index contributed by atoms with van der Waals surface area (Å²) in [7, 11) is 0. The third-order valence-corrected chi connectivity index (χ3v) is 4.05. The van der Waals surface area contributed by atoms with Gasteiger partial charge in [0.05, 0.1) is 0 Å². The minimum atomic E-state index is -5.08. The highest BCUT2D eigenvalue weighted by molar-refractivity contribution is 5.73. The van der Waals surface area contributed by atoms with Gasteiger partial charge in [-0.2, -0.15) is 13.2 Å². The maximum Gasteiger partial charge on any atom is 0.490 e. The first-order valence-electron chi connectivity index (χ1n) is 8.40. The number of amides is 1. The number of carbonyl (C=O) groups is 2. The molecule has 0 radical (unpaired) electrons. The van der Waals surface area contributed by atoms with Crippen LogP contribution in [0.15, 0.2) is 36.8 Å². The van der Waals surface area contributed by atoms with Crippen molar-refractivity contribution in [3.63, 3.8) is 0 Å². The Labute approximate surface area is 159 Å². The molecule has 1 saturated heterocycles. The summed E-state index contributed by atoms with van der Waals surface area (Å²) in [5.41, 5.74) is 1.16. The molecule has 0 bridgehead atoms. The number of carbonyl (C=O) groups excluding carboxylic acids is 1. The fourth-order valence-corrected chi connectivity index (χ4v) is 2.61. The van der Waals surface area contributed by atoms with Gasteiger partial charge in [-0.25, -0.2) is 14.8 Å². The van der Waals surface area contributed by atoms with Crippen LogP contribution >= 0.6 is 0 Å². The third-order valence-electron chi connectivity index (χ3n) is 4.05. The van der Waals surface area contributed by atoms with Gasteiger partial charge in [-0.05, 0) is 18.2 Å². The fourth-order valence-electron chi connectivity index (χ4n) is 2.61. The normalized spacial score (nSPS) is 14.9. The molecule has 0 atom stereocenters. The van der Waals surface area contributed by atoms with E-state index in [1.165, 1.54) is 0 Å². The Kier molecular flexibility index (Phi) is 7.10. The minimum absolute atomic E-state index is 0.163. The molecule has 28 heavy (non-hydrogen) atoms. The van der Waals surface area contributed by atoms with Crippen molar-refractivity contribution in [2.24, 2.45) is 0 Å². The summed E-state index contributed by atoms with van der Waals surface area (Å²) in [6.07, 6.45) is 0.395. The van der Waals surface area contributed by atoms with Gasteiger partial charge >= 0.3 is 12.1 Å². The van der Waals surface area contributed by atoms with Gasteiger partial charge in [-0.1, -0.05) is 0 Å². The first kappa shape index (κ1) is 21.4. The van der Waals surface area contributed by atoms with E-state index in [9.17, 15) is 18.0 Å². The number of aliphatic carboxylic acids is 1. The maximum atomic E-state index is 11.3. The molecule has 0 aromatic carbocycles. The highest BCUT2D eigenvalue weighted by Gasteiger charge is 2.38. The van der Waals surface area contributed by atoms with Gasteiger partial charge in [-0.3, -0.25) is 14.3 Å². The quantitative estimate of drug-likeness (QED) is 0.843. The Morgan fingerprint density at radius 3 is 2.18 bits per heavy atom. The van der Waals surface area contributed by atoms with Crippen molar-refractivity contribution < 1.29 is 27.9 Å². The van der Waals surface area contributed by atoms with Crippen molar-refractivity contribution in [1.82, 2.24) is 24.3 Å². The zero-order valence-corrected chi connectivity index (χ0v) is 15.1. The van der Waals surface area contributed by atoms with E-state index in [0.717, 1.165) is 38.4 Å². The molecule has 1 aliphatic rings. The highest BCUT2D eigenvalue weighted by atomic mass is 19.4. The Balaban J connectivity index is 0.000000345. The number of nitrogens with zero attached hydrogens (tertiary/aromatic N) is 5. The third kappa shape index (κ3) is 6.05. The van der Waals surface area contributed by atoms with Gasteiger partial charge in [0.2, 0.25) is 11.9 Å². The van der Waals surface area contributed by atoms with Crippen molar-refractivity contribution in [3.8, 4) is 5.95 Å². The molecular formula is C17H20F3N5O3. The second-order valence-corrected chi connectivity index (χ2v) is 6.00. The van der Waals surface area contributed by atoms with Crippen LogP contribution in [0.4, 0.5) is 13.2 Å². The van der Waals surface area contributed by atoms with Crippen LogP contribution in [-0.2, 0) is 16.1 Å². The average molecular weight is 399 g/mol.